The Morgan fingerprint density at radius 1 is 1.43 bits per heavy atom. The van der Waals surface area contributed by atoms with Gasteiger partial charge in [0.1, 0.15) is 11.5 Å². The largest absolute Gasteiger partial charge is 0.507 e. The number of fused-ring (bicyclic) bond motifs is 1. The highest BCUT2D eigenvalue weighted by molar-refractivity contribution is 5.53. The second-order valence-electron chi connectivity index (χ2n) is 4.28. The maximum Gasteiger partial charge on any atom is 0.126 e. The number of hydrogen-bond acceptors (Lipinski definition) is 2. The van der Waals surface area contributed by atoms with Crippen LogP contribution in [-0.2, 0) is 0 Å². The van der Waals surface area contributed by atoms with Gasteiger partial charge in [0, 0.05) is 11.5 Å². The fraction of sp³-hybridized carbons (Fsp3) is 0.500. The zero-order chi connectivity index (χ0) is 10.3. The van der Waals surface area contributed by atoms with E-state index in [0.29, 0.717) is 24.2 Å². The van der Waals surface area contributed by atoms with Gasteiger partial charge in [-0.25, -0.2) is 0 Å². The van der Waals surface area contributed by atoms with E-state index in [2.05, 4.69) is 20.8 Å². The van der Waals surface area contributed by atoms with Crippen LogP contribution in [0.4, 0.5) is 0 Å². The molecule has 76 valence electrons. The van der Waals surface area contributed by atoms with Gasteiger partial charge in [-0.1, -0.05) is 26.8 Å². The molecule has 2 nitrogen and oxygen atoms in total. The highest BCUT2D eigenvalue weighted by Crippen LogP contribution is 2.43. The lowest BCUT2D eigenvalue weighted by Gasteiger charge is -2.12. The molecule has 1 aromatic carbocycles. The highest BCUT2D eigenvalue weighted by Gasteiger charge is 2.25. The minimum Gasteiger partial charge on any atom is -0.507 e. The maximum absolute atomic E-state index is 10.1. The Morgan fingerprint density at radius 3 is 2.79 bits per heavy atom. The number of hydrogen-bond donors (Lipinski definition) is 1. The van der Waals surface area contributed by atoms with Gasteiger partial charge in [0.05, 0.1) is 6.61 Å². The molecule has 0 spiro atoms. The number of aromatic hydroxyl groups is 1. The van der Waals surface area contributed by atoms with Crippen molar-refractivity contribution in [1.29, 1.82) is 0 Å². The second kappa shape index (κ2) is 3.19. The SMILES string of the molecule is CC(C)c1ccc2c(c1O)C(C)CO2. The minimum absolute atomic E-state index is 0.309. The van der Waals surface area contributed by atoms with Crippen molar-refractivity contribution >= 4 is 0 Å². The molecule has 0 aliphatic carbocycles. The Hall–Kier alpha value is -1.18. The molecular weight excluding hydrogens is 176 g/mol. The molecule has 2 heteroatoms. The molecule has 0 saturated heterocycles. The molecule has 0 saturated carbocycles. The van der Waals surface area contributed by atoms with Crippen LogP contribution in [-0.4, -0.2) is 11.7 Å². The van der Waals surface area contributed by atoms with Crippen molar-refractivity contribution in [3.05, 3.63) is 23.3 Å². The van der Waals surface area contributed by atoms with E-state index < -0.39 is 0 Å². The van der Waals surface area contributed by atoms with Crippen LogP contribution >= 0.6 is 0 Å². The Balaban J connectivity index is 2.56. The van der Waals surface area contributed by atoms with Gasteiger partial charge in [-0.05, 0) is 17.5 Å². The van der Waals surface area contributed by atoms with Crippen LogP contribution in [0.2, 0.25) is 0 Å². The Kier molecular flexibility index (Phi) is 2.14. The first kappa shape index (κ1) is 9.38. The summed E-state index contributed by atoms with van der Waals surface area (Å²) in [5, 5.41) is 10.1. The molecule has 0 bridgehead atoms. The molecule has 0 fully saturated rings. The summed E-state index contributed by atoms with van der Waals surface area (Å²) in [5.41, 5.74) is 2.00. The standard InChI is InChI=1S/C12H16O2/c1-7(2)9-4-5-10-11(12(9)13)8(3)6-14-10/h4-5,7-8,13H,6H2,1-3H3. The lowest BCUT2D eigenvalue weighted by atomic mass is 9.94. The van der Waals surface area contributed by atoms with Gasteiger partial charge < -0.3 is 9.84 Å². The lowest BCUT2D eigenvalue weighted by molar-refractivity contribution is 0.337. The van der Waals surface area contributed by atoms with Gasteiger partial charge in [-0.3, -0.25) is 0 Å². The molecular formula is C12H16O2. The summed E-state index contributed by atoms with van der Waals surface area (Å²) in [6, 6.07) is 3.92. The third-order valence-electron chi connectivity index (χ3n) is 2.81. The molecule has 2 rings (SSSR count). The molecule has 0 radical (unpaired) electrons. The third kappa shape index (κ3) is 1.26. The van der Waals surface area contributed by atoms with E-state index in [9.17, 15) is 5.11 Å². The van der Waals surface area contributed by atoms with Gasteiger partial charge in [0.25, 0.3) is 0 Å². The van der Waals surface area contributed by atoms with E-state index in [4.69, 9.17) is 4.74 Å². The van der Waals surface area contributed by atoms with Gasteiger partial charge in [0.15, 0.2) is 0 Å². The minimum atomic E-state index is 0.309. The first-order valence-electron chi connectivity index (χ1n) is 5.09. The zero-order valence-corrected chi connectivity index (χ0v) is 8.87. The predicted molar refractivity (Wildman–Crippen MR) is 56.1 cm³/mol. The predicted octanol–water partition coefficient (Wildman–Crippen LogP) is 3.01. The monoisotopic (exact) mass is 192 g/mol. The van der Waals surface area contributed by atoms with E-state index in [1.54, 1.807) is 0 Å². The van der Waals surface area contributed by atoms with Gasteiger partial charge >= 0.3 is 0 Å². The van der Waals surface area contributed by atoms with Gasteiger partial charge in [0.2, 0.25) is 0 Å². The maximum atomic E-state index is 10.1. The van der Waals surface area contributed by atoms with E-state index in [1.807, 2.05) is 12.1 Å². The van der Waals surface area contributed by atoms with Crippen molar-refractivity contribution in [2.75, 3.05) is 6.61 Å². The molecule has 1 unspecified atom stereocenters. The van der Waals surface area contributed by atoms with Crippen LogP contribution in [0.1, 0.15) is 43.7 Å². The average molecular weight is 192 g/mol. The molecule has 0 aromatic heterocycles. The van der Waals surface area contributed by atoms with Crippen molar-refractivity contribution < 1.29 is 9.84 Å². The van der Waals surface area contributed by atoms with Crippen molar-refractivity contribution in [2.24, 2.45) is 0 Å². The number of benzene rings is 1. The smallest absolute Gasteiger partial charge is 0.126 e. The normalized spacial score (nSPS) is 19.6. The summed E-state index contributed by atoms with van der Waals surface area (Å²) in [4.78, 5) is 0. The summed E-state index contributed by atoms with van der Waals surface area (Å²) >= 11 is 0. The fourth-order valence-electron chi connectivity index (χ4n) is 1.97. The highest BCUT2D eigenvalue weighted by atomic mass is 16.5. The molecule has 1 N–H and O–H groups in total. The van der Waals surface area contributed by atoms with Crippen LogP contribution in [0.5, 0.6) is 11.5 Å². The van der Waals surface area contributed by atoms with Crippen molar-refractivity contribution in [3.8, 4) is 11.5 Å². The van der Waals surface area contributed by atoms with Crippen LogP contribution in [0.3, 0.4) is 0 Å². The molecule has 0 amide bonds. The quantitative estimate of drug-likeness (QED) is 0.741. The first-order chi connectivity index (χ1) is 6.61. The third-order valence-corrected chi connectivity index (χ3v) is 2.81. The number of rotatable bonds is 1. The van der Waals surface area contributed by atoms with E-state index in [1.165, 1.54) is 0 Å². The summed E-state index contributed by atoms with van der Waals surface area (Å²) in [5.74, 6) is 1.94. The summed E-state index contributed by atoms with van der Waals surface area (Å²) in [6.45, 7) is 6.93. The fourth-order valence-corrected chi connectivity index (χ4v) is 1.97. The molecule has 1 aliphatic rings. The lowest BCUT2D eigenvalue weighted by Crippen LogP contribution is -1.95. The first-order valence-corrected chi connectivity index (χ1v) is 5.09. The Labute approximate surface area is 84.5 Å². The van der Waals surface area contributed by atoms with E-state index in [0.717, 1.165) is 16.9 Å². The average Bonchev–Trinajstić information content (AvgIpc) is 2.48. The Bertz CT molecular complexity index is 356. The number of phenols is 1. The van der Waals surface area contributed by atoms with Gasteiger partial charge in [-0.15, -0.1) is 0 Å². The second-order valence-corrected chi connectivity index (χ2v) is 4.28. The van der Waals surface area contributed by atoms with Crippen LogP contribution < -0.4 is 4.74 Å². The van der Waals surface area contributed by atoms with E-state index in [-0.39, 0.29) is 0 Å². The Morgan fingerprint density at radius 2 is 2.14 bits per heavy atom. The molecule has 1 heterocycles. The van der Waals surface area contributed by atoms with Gasteiger partial charge in [-0.2, -0.15) is 0 Å². The summed E-state index contributed by atoms with van der Waals surface area (Å²) < 4.78 is 5.47. The van der Waals surface area contributed by atoms with Crippen molar-refractivity contribution in [2.45, 2.75) is 32.6 Å². The molecule has 1 aromatic rings. The number of phenolic OH excluding ortho intramolecular Hbond substituents is 1. The van der Waals surface area contributed by atoms with Crippen LogP contribution in [0.25, 0.3) is 0 Å². The van der Waals surface area contributed by atoms with Crippen LogP contribution in [0.15, 0.2) is 12.1 Å². The molecule has 1 aliphatic heterocycles. The molecule has 1 atom stereocenters. The van der Waals surface area contributed by atoms with Crippen molar-refractivity contribution in [1.82, 2.24) is 0 Å². The topological polar surface area (TPSA) is 29.5 Å². The van der Waals surface area contributed by atoms with Crippen LogP contribution in [0, 0.1) is 0 Å². The number of ether oxygens (including phenoxy) is 1. The van der Waals surface area contributed by atoms with E-state index >= 15 is 0 Å². The zero-order valence-electron chi connectivity index (χ0n) is 8.87. The summed E-state index contributed by atoms with van der Waals surface area (Å²) in [7, 11) is 0. The van der Waals surface area contributed by atoms with Crippen molar-refractivity contribution in [3.63, 3.8) is 0 Å². The summed E-state index contributed by atoms with van der Waals surface area (Å²) in [6.07, 6.45) is 0. The molecule has 14 heavy (non-hydrogen) atoms.